The zero-order valence-electron chi connectivity index (χ0n) is 12.0. The van der Waals surface area contributed by atoms with Gasteiger partial charge in [0, 0.05) is 17.6 Å². The number of hydrogen-bond donors (Lipinski definition) is 0. The highest BCUT2D eigenvalue weighted by atomic mass is 35.5. The maximum absolute atomic E-state index is 12.3. The Hall–Kier alpha value is -1.77. The molecule has 2 aromatic carbocycles. The zero-order valence-corrected chi connectivity index (χ0v) is 13.5. The molecule has 1 aliphatic rings. The molecule has 0 radical (unpaired) electrons. The fourth-order valence-corrected chi connectivity index (χ4v) is 3.02. The fourth-order valence-electron chi connectivity index (χ4n) is 2.72. The molecule has 0 bridgehead atoms. The predicted molar refractivity (Wildman–Crippen MR) is 90.7 cm³/mol. The Labute approximate surface area is 139 Å². The van der Waals surface area contributed by atoms with Gasteiger partial charge in [-0.25, -0.2) is 0 Å². The van der Waals surface area contributed by atoms with Crippen LogP contribution in [0.5, 0.6) is 5.75 Å². The molecule has 0 aliphatic heterocycles. The molecule has 0 unspecified atom stereocenters. The van der Waals surface area contributed by atoms with Crippen LogP contribution in [0.4, 0.5) is 0 Å². The number of fused-ring (bicyclic) bond motifs is 1. The van der Waals surface area contributed by atoms with E-state index >= 15 is 0 Å². The van der Waals surface area contributed by atoms with E-state index in [0.29, 0.717) is 28.5 Å². The van der Waals surface area contributed by atoms with Crippen molar-refractivity contribution in [3.8, 4) is 5.75 Å². The lowest BCUT2D eigenvalue weighted by Crippen LogP contribution is -2.13. The van der Waals surface area contributed by atoms with Gasteiger partial charge in [0.05, 0.1) is 17.2 Å². The van der Waals surface area contributed by atoms with Gasteiger partial charge in [0.2, 0.25) is 0 Å². The summed E-state index contributed by atoms with van der Waals surface area (Å²) < 4.78 is 5.40. The van der Waals surface area contributed by atoms with E-state index in [1.165, 1.54) is 0 Å². The van der Waals surface area contributed by atoms with Crippen molar-refractivity contribution in [1.29, 1.82) is 0 Å². The van der Waals surface area contributed by atoms with Crippen molar-refractivity contribution in [3.05, 3.63) is 63.1 Å². The minimum absolute atomic E-state index is 0.131. The Morgan fingerprint density at radius 2 is 1.91 bits per heavy atom. The van der Waals surface area contributed by atoms with Crippen LogP contribution in [0.2, 0.25) is 10.0 Å². The summed E-state index contributed by atoms with van der Waals surface area (Å²) in [6.45, 7) is 0. The third kappa shape index (κ3) is 2.77. The van der Waals surface area contributed by atoms with Crippen LogP contribution in [0.1, 0.15) is 23.1 Å². The van der Waals surface area contributed by atoms with Gasteiger partial charge in [-0.05, 0) is 41.8 Å². The van der Waals surface area contributed by atoms with Crippen molar-refractivity contribution >= 4 is 40.6 Å². The molecule has 0 atom stereocenters. The molecule has 22 heavy (non-hydrogen) atoms. The molecule has 0 saturated heterocycles. The average molecular weight is 333 g/mol. The Morgan fingerprint density at radius 1 is 1.09 bits per heavy atom. The van der Waals surface area contributed by atoms with Gasteiger partial charge in [-0.15, -0.1) is 0 Å². The number of rotatable bonds is 2. The van der Waals surface area contributed by atoms with Gasteiger partial charge in [0.25, 0.3) is 0 Å². The molecule has 0 N–H and O–H groups in total. The summed E-state index contributed by atoms with van der Waals surface area (Å²) in [5.41, 5.74) is 3.56. The molecule has 3 rings (SSSR count). The summed E-state index contributed by atoms with van der Waals surface area (Å²) in [7, 11) is 1.65. The Bertz CT molecular complexity index is 779. The van der Waals surface area contributed by atoms with Gasteiger partial charge in [0.15, 0.2) is 5.78 Å². The smallest absolute Gasteiger partial charge is 0.163 e. The monoisotopic (exact) mass is 332 g/mol. The van der Waals surface area contributed by atoms with Crippen LogP contribution in [0.3, 0.4) is 0 Å². The molecule has 0 aromatic heterocycles. The summed E-state index contributed by atoms with van der Waals surface area (Å²) in [4.78, 5) is 12.3. The molecule has 2 nitrogen and oxygen atoms in total. The second-order valence-corrected chi connectivity index (χ2v) is 5.96. The van der Waals surface area contributed by atoms with E-state index < -0.39 is 0 Å². The van der Waals surface area contributed by atoms with E-state index in [1.54, 1.807) is 19.2 Å². The number of ether oxygens (including phenoxy) is 1. The van der Waals surface area contributed by atoms with E-state index in [1.807, 2.05) is 30.3 Å². The molecule has 0 amide bonds. The highest BCUT2D eigenvalue weighted by molar-refractivity contribution is 6.42. The number of halogens is 2. The third-order valence-corrected chi connectivity index (χ3v) is 4.54. The van der Waals surface area contributed by atoms with Gasteiger partial charge in [0.1, 0.15) is 5.75 Å². The van der Waals surface area contributed by atoms with Gasteiger partial charge < -0.3 is 4.74 Å². The van der Waals surface area contributed by atoms with Gasteiger partial charge >= 0.3 is 0 Å². The molecule has 0 spiro atoms. The second kappa shape index (κ2) is 6.15. The molecular weight excluding hydrogens is 319 g/mol. The summed E-state index contributed by atoms with van der Waals surface area (Å²) in [6.07, 6.45) is 3.05. The molecule has 0 saturated carbocycles. The lowest BCUT2D eigenvalue weighted by atomic mass is 9.85. The van der Waals surface area contributed by atoms with Gasteiger partial charge in [-0.3, -0.25) is 4.79 Å². The first-order chi connectivity index (χ1) is 10.6. The van der Waals surface area contributed by atoms with Crippen molar-refractivity contribution < 1.29 is 9.53 Å². The normalized spacial score (nSPS) is 15.8. The number of allylic oxidation sites excluding steroid dienone is 1. The first kappa shape index (κ1) is 15.1. The zero-order chi connectivity index (χ0) is 15.7. The van der Waals surface area contributed by atoms with E-state index in [0.717, 1.165) is 22.4 Å². The van der Waals surface area contributed by atoms with Crippen LogP contribution < -0.4 is 4.74 Å². The number of benzene rings is 2. The van der Waals surface area contributed by atoms with Crippen LogP contribution in [0.25, 0.3) is 11.6 Å². The van der Waals surface area contributed by atoms with Gasteiger partial charge in [-0.2, -0.15) is 0 Å². The first-order valence-electron chi connectivity index (χ1n) is 6.96. The molecule has 1 aliphatic carbocycles. The van der Waals surface area contributed by atoms with Crippen LogP contribution in [0, 0.1) is 0 Å². The topological polar surface area (TPSA) is 26.3 Å². The first-order valence-corrected chi connectivity index (χ1v) is 7.72. The minimum Gasteiger partial charge on any atom is -0.496 e. The molecule has 2 aromatic rings. The molecule has 112 valence electrons. The number of ketones is 1. The maximum Gasteiger partial charge on any atom is 0.163 e. The van der Waals surface area contributed by atoms with Crippen LogP contribution in [-0.2, 0) is 11.2 Å². The molecular formula is C18H14Cl2O2. The van der Waals surface area contributed by atoms with Crippen molar-refractivity contribution in [3.63, 3.8) is 0 Å². The number of carbonyl (C=O) groups excluding carboxylic acids is 1. The lowest BCUT2D eigenvalue weighted by Gasteiger charge is -2.20. The quantitative estimate of drug-likeness (QED) is 0.718. The Kier molecular flexibility index (Phi) is 4.23. The fraction of sp³-hybridized carbons (Fsp3) is 0.167. The van der Waals surface area contributed by atoms with Crippen molar-refractivity contribution in [2.75, 3.05) is 7.11 Å². The minimum atomic E-state index is 0.131. The predicted octanol–water partition coefficient (Wildman–Crippen LogP) is 5.06. The van der Waals surface area contributed by atoms with Crippen molar-refractivity contribution in [1.82, 2.24) is 0 Å². The summed E-state index contributed by atoms with van der Waals surface area (Å²) >= 11 is 12.0. The van der Waals surface area contributed by atoms with E-state index in [2.05, 4.69) is 0 Å². The largest absolute Gasteiger partial charge is 0.496 e. The SMILES string of the molecule is COc1cccc2c1CCC(=O)/C2=C/c1ccc(Cl)c(Cl)c1. The number of carbonyl (C=O) groups is 1. The number of hydrogen-bond acceptors (Lipinski definition) is 2. The molecule has 0 heterocycles. The molecule has 0 fully saturated rings. The van der Waals surface area contributed by atoms with E-state index in [-0.39, 0.29) is 5.78 Å². The highest BCUT2D eigenvalue weighted by Gasteiger charge is 2.23. The molecule has 4 heteroatoms. The van der Waals surface area contributed by atoms with Crippen LogP contribution in [-0.4, -0.2) is 12.9 Å². The second-order valence-electron chi connectivity index (χ2n) is 5.14. The maximum atomic E-state index is 12.3. The summed E-state index contributed by atoms with van der Waals surface area (Å²) in [6, 6.07) is 11.1. The third-order valence-electron chi connectivity index (χ3n) is 3.80. The lowest BCUT2D eigenvalue weighted by molar-refractivity contribution is -0.113. The number of methoxy groups -OCH3 is 1. The average Bonchev–Trinajstić information content (AvgIpc) is 2.53. The summed E-state index contributed by atoms with van der Waals surface area (Å²) in [5, 5.41) is 0.978. The van der Waals surface area contributed by atoms with Crippen LogP contribution in [0.15, 0.2) is 36.4 Å². The Morgan fingerprint density at radius 3 is 2.64 bits per heavy atom. The van der Waals surface area contributed by atoms with Crippen molar-refractivity contribution in [2.45, 2.75) is 12.8 Å². The Balaban J connectivity index is 2.12. The van der Waals surface area contributed by atoms with Crippen molar-refractivity contribution in [2.24, 2.45) is 0 Å². The summed E-state index contributed by atoms with van der Waals surface area (Å²) in [5.74, 6) is 0.955. The van der Waals surface area contributed by atoms with E-state index in [9.17, 15) is 4.79 Å². The standard InChI is InChI=1S/C18H14Cl2O2/c1-22-18-4-2-3-12-13(18)6-8-17(21)14(12)9-11-5-7-15(19)16(20)10-11/h2-5,7,9-10H,6,8H2,1H3/b14-9+. The van der Waals surface area contributed by atoms with E-state index in [4.69, 9.17) is 27.9 Å². The van der Waals surface area contributed by atoms with Crippen LogP contribution >= 0.6 is 23.2 Å². The van der Waals surface area contributed by atoms with Gasteiger partial charge in [-0.1, -0.05) is 41.4 Å². The number of Topliss-reactive ketones (excluding diaryl/α,β-unsaturated/α-hetero) is 1. The highest BCUT2D eigenvalue weighted by Crippen LogP contribution is 2.35.